The number of carbonyl (C=O) groups excluding carboxylic acids is 2. The molecule has 0 aliphatic carbocycles. The molecule has 0 saturated heterocycles. The molecule has 6 heteroatoms. The van der Waals surface area contributed by atoms with E-state index in [1.807, 2.05) is 30.3 Å². The Hall–Kier alpha value is -2.24. The number of para-hydroxylation sites is 1. The second-order valence-electron chi connectivity index (χ2n) is 4.63. The molecule has 0 spiro atoms. The monoisotopic (exact) mass is 346 g/mol. The Bertz CT molecular complexity index is 747. The lowest BCUT2D eigenvalue weighted by molar-refractivity contribution is -0.115. The molecule has 0 bridgehead atoms. The second kappa shape index (κ2) is 8.41. The van der Waals surface area contributed by atoms with Crippen molar-refractivity contribution >= 4 is 46.9 Å². The molecule has 0 aliphatic rings. The van der Waals surface area contributed by atoms with Crippen LogP contribution in [-0.2, 0) is 9.59 Å². The van der Waals surface area contributed by atoms with E-state index in [0.29, 0.717) is 10.7 Å². The van der Waals surface area contributed by atoms with Crippen molar-refractivity contribution < 1.29 is 9.59 Å². The predicted octanol–water partition coefficient (Wildman–Crippen LogP) is 3.57. The Morgan fingerprint density at radius 2 is 1.96 bits per heavy atom. The lowest BCUT2D eigenvalue weighted by Crippen LogP contribution is -2.13. The Labute approximate surface area is 143 Å². The van der Waals surface area contributed by atoms with Gasteiger partial charge >= 0.3 is 0 Å². The third-order valence-corrected chi connectivity index (χ3v) is 4.12. The highest BCUT2D eigenvalue weighted by Gasteiger charge is 2.06. The highest BCUT2D eigenvalue weighted by atomic mass is 35.5. The van der Waals surface area contributed by atoms with Crippen molar-refractivity contribution in [2.24, 2.45) is 5.73 Å². The van der Waals surface area contributed by atoms with E-state index in [2.05, 4.69) is 5.32 Å². The first-order chi connectivity index (χ1) is 11.0. The van der Waals surface area contributed by atoms with E-state index in [-0.39, 0.29) is 11.7 Å². The molecule has 0 fully saturated rings. The smallest absolute Gasteiger partial charge is 0.248 e. The number of anilines is 1. The number of carbonyl (C=O) groups is 2. The molecule has 3 N–H and O–H groups in total. The van der Waals surface area contributed by atoms with Crippen LogP contribution in [0.3, 0.4) is 0 Å². The number of nitrogens with one attached hydrogen (secondary N) is 1. The molecule has 23 heavy (non-hydrogen) atoms. The van der Waals surface area contributed by atoms with Crippen molar-refractivity contribution in [1.29, 1.82) is 0 Å². The number of halogens is 1. The number of rotatable bonds is 6. The number of primary amides is 1. The lowest BCUT2D eigenvalue weighted by Gasteiger charge is -2.08. The Balaban J connectivity index is 2.04. The fraction of sp³-hybridized carbons (Fsp3) is 0.0588. The summed E-state index contributed by atoms with van der Waals surface area (Å²) in [5.41, 5.74) is 6.62. The van der Waals surface area contributed by atoms with Crippen molar-refractivity contribution in [3.63, 3.8) is 0 Å². The van der Waals surface area contributed by atoms with Gasteiger partial charge in [0.15, 0.2) is 0 Å². The fourth-order valence-corrected chi connectivity index (χ4v) is 2.75. The minimum atomic E-state index is -0.406. The van der Waals surface area contributed by atoms with Crippen LogP contribution in [0.4, 0.5) is 5.69 Å². The minimum Gasteiger partial charge on any atom is -0.369 e. The molecule has 118 valence electrons. The number of hydrogen-bond acceptors (Lipinski definition) is 3. The minimum absolute atomic E-state index is 0.158. The summed E-state index contributed by atoms with van der Waals surface area (Å²) < 4.78 is 0. The number of hydrogen-bond donors (Lipinski definition) is 2. The van der Waals surface area contributed by atoms with Gasteiger partial charge in [0.25, 0.3) is 0 Å². The summed E-state index contributed by atoms with van der Waals surface area (Å²) in [6.45, 7) is 0. The quantitative estimate of drug-likeness (QED) is 0.620. The number of benzene rings is 2. The molecule has 0 aromatic heterocycles. The van der Waals surface area contributed by atoms with Crippen LogP contribution in [0.5, 0.6) is 0 Å². The van der Waals surface area contributed by atoms with E-state index >= 15 is 0 Å². The van der Waals surface area contributed by atoms with Gasteiger partial charge in [0.05, 0.1) is 11.4 Å². The first kappa shape index (κ1) is 17.1. The number of nitrogens with two attached hydrogens (primary N) is 1. The Kier molecular flexibility index (Phi) is 6.26. The standard InChI is InChI=1S/C17H15ClN2O2S/c18-13-5-3-4-12(10-13)8-9-17(22)20-14-6-1-2-7-15(14)23-11-16(19)21/h1-10H,11H2,(H2,19,21)(H,20,22)/b9-8+. The van der Waals surface area contributed by atoms with Gasteiger partial charge in [-0.1, -0.05) is 35.9 Å². The topological polar surface area (TPSA) is 72.2 Å². The van der Waals surface area contributed by atoms with Crippen LogP contribution in [-0.4, -0.2) is 17.6 Å². The van der Waals surface area contributed by atoms with Gasteiger partial charge in [0, 0.05) is 16.0 Å². The van der Waals surface area contributed by atoms with Crippen LogP contribution < -0.4 is 11.1 Å². The largest absolute Gasteiger partial charge is 0.369 e. The number of amides is 2. The molecule has 0 saturated carbocycles. The summed E-state index contributed by atoms with van der Waals surface area (Å²) >= 11 is 7.18. The third-order valence-electron chi connectivity index (χ3n) is 2.79. The molecule has 2 aromatic carbocycles. The van der Waals surface area contributed by atoms with Crippen molar-refractivity contribution in [3.05, 3.63) is 65.2 Å². The van der Waals surface area contributed by atoms with E-state index in [1.165, 1.54) is 17.8 Å². The van der Waals surface area contributed by atoms with Crippen LogP contribution in [0.1, 0.15) is 5.56 Å². The van der Waals surface area contributed by atoms with Crippen molar-refractivity contribution in [1.82, 2.24) is 0 Å². The maximum Gasteiger partial charge on any atom is 0.248 e. The summed E-state index contributed by atoms with van der Waals surface area (Å²) in [6, 6.07) is 14.4. The number of thioether (sulfide) groups is 1. The molecule has 0 unspecified atom stereocenters. The summed E-state index contributed by atoms with van der Waals surface area (Å²) in [4.78, 5) is 23.7. The van der Waals surface area contributed by atoms with Crippen LogP contribution in [0, 0.1) is 0 Å². The first-order valence-corrected chi connectivity index (χ1v) is 8.16. The molecule has 0 radical (unpaired) electrons. The van der Waals surface area contributed by atoms with Crippen LogP contribution >= 0.6 is 23.4 Å². The lowest BCUT2D eigenvalue weighted by atomic mass is 10.2. The van der Waals surface area contributed by atoms with Crippen LogP contribution in [0.15, 0.2) is 59.5 Å². The Morgan fingerprint density at radius 3 is 2.70 bits per heavy atom. The van der Waals surface area contributed by atoms with E-state index in [1.54, 1.807) is 24.3 Å². The summed E-state index contributed by atoms with van der Waals surface area (Å²) in [5.74, 6) is -0.514. The van der Waals surface area contributed by atoms with Crippen molar-refractivity contribution in [2.75, 3.05) is 11.1 Å². The SMILES string of the molecule is NC(=O)CSc1ccccc1NC(=O)/C=C/c1cccc(Cl)c1. The molecule has 4 nitrogen and oxygen atoms in total. The molecule has 0 atom stereocenters. The fourth-order valence-electron chi connectivity index (χ4n) is 1.80. The van der Waals surface area contributed by atoms with E-state index < -0.39 is 5.91 Å². The van der Waals surface area contributed by atoms with Crippen molar-refractivity contribution in [2.45, 2.75) is 4.90 Å². The maximum atomic E-state index is 12.0. The van der Waals surface area contributed by atoms with Gasteiger partial charge in [-0.15, -0.1) is 11.8 Å². The molecule has 2 aromatic rings. The van der Waals surface area contributed by atoms with E-state index in [0.717, 1.165) is 10.5 Å². The average Bonchev–Trinajstić information content (AvgIpc) is 2.52. The second-order valence-corrected chi connectivity index (χ2v) is 6.08. The average molecular weight is 347 g/mol. The van der Waals surface area contributed by atoms with Gasteiger partial charge in [-0.3, -0.25) is 9.59 Å². The predicted molar refractivity (Wildman–Crippen MR) is 95.5 cm³/mol. The summed E-state index contributed by atoms with van der Waals surface area (Å²) in [5, 5.41) is 3.40. The maximum absolute atomic E-state index is 12.0. The third kappa shape index (κ3) is 5.81. The molecule has 0 heterocycles. The zero-order chi connectivity index (χ0) is 16.7. The van der Waals surface area contributed by atoms with Gasteiger partial charge in [0.2, 0.25) is 11.8 Å². The van der Waals surface area contributed by atoms with Gasteiger partial charge in [0.1, 0.15) is 0 Å². The van der Waals surface area contributed by atoms with Gasteiger partial charge in [-0.25, -0.2) is 0 Å². The van der Waals surface area contributed by atoms with Gasteiger partial charge in [-0.05, 0) is 35.9 Å². The molecular formula is C17H15ClN2O2S. The molecule has 2 rings (SSSR count). The molecule has 2 amide bonds. The first-order valence-electron chi connectivity index (χ1n) is 6.79. The highest BCUT2D eigenvalue weighted by molar-refractivity contribution is 8.00. The van der Waals surface area contributed by atoms with Gasteiger partial charge in [-0.2, -0.15) is 0 Å². The summed E-state index contributed by atoms with van der Waals surface area (Å²) in [7, 11) is 0. The van der Waals surface area contributed by atoms with E-state index in [4.69, 9.17) is 17.3 Å². The van der Waals surface area contributed by atoms with Crippen molar-refractivity contribution in [3.8, 4) is 0 Å². The highest BCUT2D eigenvalue weighted by Crippen LogP contribution is 2.26. The van der Waals surface area contributed by atoms with Crippen LogP contribution in [0.25, 0.3) is 6.08 Å². The zero-order valence-electron chi connectivity index (χ0n) is 12.2. The van der Waals surface area contributed by atoms with Gasteiger partial charge < -0.3 is 11.1 Å². The molecular weight excluding hydrogens is 332 g/mol. The normalized spacial score (nSPS) is 10.7. The summed E-state index contributed by atoms with van der Waals surface area (Å²) in [6.07, 6.45) is 3.11. The Morgan fingerprint density at radius 1 is 1.17 bits per heavy atom. The molecule has 0 aliphatic heterocycles. The van der Waals surface area contributed by atoms with Crippen LogP contribution in [0.2, 0.25) is 5.02 Å². The zero-order valence-corrected chi connectivity index (χ0v) is 13.7. The van der Waals surface area contributed by atoms with E-state index in [9.17, 15) is 9.59 Å².